The molecule has 76 valence electrons. The third kappa shape index (κ3) is 2.51. The maximum absolute atomic E-state index is 13.6. The molecule has 0 aliphatic carbocycles. The van der Waals surface area contributed by atoms with Crippen molar-refractivity contribution in [1.82, 2.24) is 0 Å². The van der Waals surface area contributed by atoms with E-state index in [9.17, 15) is 8.78 Å². The van der Waals surface area contributed by atoms with Crippen molar-refractivity contribution in [3.8, 4) is 0 Å². The molecule has 14 heavy (non-hydrogen) atoms. The number of halogens is 2. The minimum atomic E-state index is -2.17. The molecule has 1 aromatic rings. The first-order chi connectivity index (χ1) is 6.43. The van der Waals surface area contributed by atoms with Gasteiger partial charge in [-0.25, -0.2) is 8.78 Å². The van der Waals surface area contributed by atoms with Crippen LogP contribution in [0.1, 0.15) is 5.56 Å². The molecule has 0 spiro atoms. The Labute approximate surface area is 84.3 Å². The normalized spacial score (nSPS) is 13.8. The van der Waals surface area contributed by atoms with Crippen LogP contribution in [0.15, 0.2) is 35.8 Å². The summed E-state index contributed by atoms with van der Waals surface area (Å²) in [6.45, 7) is 5.35. The quantitative estimate of drug-likeness (QED) is 0.645. The van der Waals surface area contributed by atoms with Gasteiger partial charge in [0.1, 0.15) is 13.5 Å². The minimum Gasteiger partial charge on any atom is -0.214 e. The standard InChI is InChI=1S/C11H14F2Si/c1-14(2,3)11(13)10(12)9-7-5-4-6-8-9/h4-8H,1-3H3. The molecule has 0 radical (unpaired) electrons. The average molecular weight is 212 g/mol. The largest absolute Gasteiger partial charge is 0.214 e. The highest BCUT2D eigenvalue weighted by molar-refractivity contribution is 6.83. The molecule has 0 N–H and O–H groups in total. The Morgan fingerprint density at radius 1 is 1.00 bits per heavy atom. The Morgan fingerprint density at radius 3 is 1.93 bits per heavy atom. The fourth-order valence-corrected chi connectivity index (χ4v) is 1.84. The lowest BCUT2D eigenvalue weighted by Crippen LogP contribution is -2.22. The van der Waals surface area contributed by atoms with Gasteiger partial charge in [-0.2, -0.15) is 0 Å². The third-order valence-corrected chi connectivity index (χ3v) is 3.41. The van der Waals surface area contributed by atoms with Gasteiger partial charge < -0.3 is 0 Å². The zero-order chi connectivity index (χ0) is 10.8. The van der Waals surface area contributed by atoms with Crippen LogP contribution in [0.2, 0.25) is 19.6 Å². The highest BCUT2D eigenvalue weighted by Crippen LogP contribution is 2.27. The molecule has 0 saturated carbocycles. The summed E-state index contributed by atoms with van der Waals surface area (Å²) in [4.78, 5) is 0. The molecule has 0 amide bonds. The van der Waals surface area contributed by atoms with E-state index in [-0.39, 0.29) is 0 Å². The van der Waals surface area contributed by atoms with Crippen LogP contribution >= 0.6 is 0 Å². The zero-order valence-corrected chi connectivity index (χ0v) is 9.64. The Morgan fingerprint density at radius 2 is 1.50 bits per heavy atom. The topological polar surface area (TPSA) is 0 Å². The van der Waals surface area contributed by atoms with Crippen molar-refractivity contribution >= 4 is 13.9 Å². The van der Waals surface area contributed by atoms with Crippen molar-refractivity contribution in [2.75, 3.05) is 0 Å². The highest BCUT2D eigenvalue weighted by atomic mass is 28.3. The van der Waals surface area contributed by atoms with Gasteiger partial charge in [0.2, 0.25) is 0 Å². The summed E-state index contributed by atoms with van der Waals surface area (Å²) in [5.41, 5.74) is -0.240. The van der Waals surface area contributed by atoms with Crippen LogP contribution < -0.4 is 0 Å². The van der Waals surface area contributed by atoms with Crippen LogP contribution in [0, 0.1) is 0 Å². The van der Waals surface area contributed by atoms with E-state index >= 15 is 0 Å². The van der Waals surface area contributed by atoms with Gasteiger partial charge in [0, 0.05) is 5.56 Å². The molecule has 0 aliphatic rings. The van der Waals surface area contributed by atoms with E-state index in [1.165, 1.54) is 0 Å². The summed E-state index contributed by atoms with van der Waals surface area (Å²) in [5.74, 6) is -0.704. The SMILES string of the molecule is C[Si](C)(C)C(F)=C(F)c1ccccc1. The molecule has 3 heteroatoms. The summed E-state index contributed by atoms with van der Waals surface area (Å²) in [6.07, 6.45) is 0. The Balaban J connectivity index is 3.12. The van der Waals surface area contributed by atoms with Gasteiger partial charge in [-0.15, -0.1) is 0 Å². The predicted octanol–water partition coefficient (Wildman–Crippen LogP) is 4.17. The summed E-state index contributed by atoms with van der Waals surface area (Å²) in [7, 11) is -2.17. The molecule has 1 aromatic carbocycles. The summed E-state index contributed by atoms with van der Waals surface area (Å²) in [5, 5.41) is 0. The van der Waals surface area contributed by atoms with Crippen molar-refractivity contribution in [2.45, 2.75) is 19.6 Å². The first-order valence-electron chi connectivity index (χ1n) is 4.54. The lowest BCUT2D eigenvalue weighted by Gasteiger charge is -2.13. The van der Waals surface area contributed by atoms with Crippen molar-refractivity contribution in [3.05, 3.63) is 41.3 Å². The summed E-state index contributed by atoms with van der Waals surface area (Å²) < 4.78 is 27.1. The maximum Gasteiger partial charge on any atom is 0.156 e. The van der Waals surface area contributed by atoms with Gasteiger partial charge in [-0.3, -0.25) is 0 Å². The fourth-order valence-electron chi connectivity index (χ4n) is 1.04. The van der Waals surface area contributed by atoms with E-state index < -0.39 is 19.4 Å². The van der Waals surface area contributed by atoms with Crippen LogP contribution in [0.25, 0.3) is 5.83 Å². The molecule has 0 bridgehead atoms. The van der Waals surface area contributed by atoms with Gasteiger partial charge in [0.15, 0.2) is 5.83 Å². The zero-order valence-electron chi connectivity index (χ0n) is 8.64. The van der Waals surface area contributed by atoms with E-state index in [0.717, 1.165) is 0 Å². The van der Waals surface area contributed by atoms with E-state index in [0.29, 0.717) is 5.56 Å². The smallest absolute Gasteiger partial charge is 0.156 e. The first kappa shape index (κ1) is 11.1. The van der Waals surface area contributed by atoms with Crippen LogP contribution in [0.5, 0.6) is 0 Å². The van der Waals surface area contributed by atoms with Crippen LogP contribution in [0.3, 0.4) is 0 Å². The minimum absolute atomic E-state index is 0.326. The monoisotopic (exact) mass is 212 g/mol. The molecule has 0 aromatic heterocycles. The van der Waals surface area contributed by atoms with Gasteiger partial charge in [-0.1, -0.05) is 50.0 Å². The van der Waals surface area contributed by atoms with Crippen molar-refractivity contribution in [2.24, 2.45) is 0 Å². The van der Waals surface area contributed by atoms with E-state index in [1.54, 1.807) is 50.0 Å². The van der Waals surface area contributed by atoms with Crippen LogP contribution in [0.4, 0.5) is 8.78 Å². The molecule has 0 atom stereocenters. The van der Waals surface area contributed by atoms with Crippen molar-refractivity contribution in [3.63, 3.8) is 0 Å². The third-order valence-electron chi connectivity index (χ3n) is 1.88. The summed E-state index contributed by atoms with van der Waals surface area (Å²) in [6, 6.07) is 8.34. The van der Waals surface area contributed by atoms with Crippen LogP contribution in [-0.4, -0.2) is 8.07 Å². The maximum atomic E-state index is 13.6. The van der Waals surface area contributed by atoms with Crippen molar-refractivity contribution in [1.29, 1.82) is 0 Å². The molecule has 0 aliphatic heterocycles. The molecular formula is C11H14F2Si. The van der Waals surface area contributed by atoms with Crippen molar-refractivity contribution < 1.29 is 8.78 Å². The van der Waals surface area contributed by atoms with Gasteiger partial charge in [0.05, 0.1) is 0 Å². The molecule has 0 heterocycles. The lowest BCUT2D eigenvalue weighted by atomic mass is 10.2. The Hall–Kier alpha value is -0.963. The molecule has 1 rings (SSSR count). The highest BCUT2D eigenvalue weighted by Gasteiger charge is 2.24. The second-order valence-electron chi connectivity index (χ2n) is 4.24. The molecular weight excluding hydrogens is 198 g/mol. The molecule has 0 saturated heterocycles. The molecule has 0 unspecified atom stereocenters. The van der Waals surface area contributed by atoms with Crippen LogP contribution in [-0.2, 0) is 0 Å². The number of benzene rings is 1. The van der Waals surface area contributed by atoms with E-state index in [1.807, 2.05) is 0 Å². The van der Waals surface area contributed by atoms with Gasteiger partial charge in [0.25, 0.3) is 0 Å². The predicted molar refractivity (Wildman–Crippen MR) is 58.9 cm³/mol. The molecule has 0 fully saturated rings. The van der Waals surface area contributed by atoms with Gasteiger partial charge in [-0.05, 0) is 0 Å². The fraction of sp³-hybridized carbons (Fsp3) is 0.273. The number of hydrogen-bond donors (Lipinski definition) is 0. The second-order valence-corrected chi connectivity index (χ2v) is 9.18. The number of hydrogen-bond acceptors (Lipinski definition) is 0. The molecule has 0 nitrogen and oxygen atoms in total. The van der Waals surface area contributed by atoms with E-state index in [2.05, 4.69) is 0 Å². The lowest BCUT2D eigenvalue weighted by molar-refractivity contribution is 0.641. The summed E-state index contributed by atoms with van der Waals surface area (Å²) >= 11 is 0. The first-order valence-corrected chi connectivity index (χ1v) is 8.04. The number of rotatable bonds is 2. The van der Waals surface area contributed by atoms with Gasteiger partial charge >= 0.3 is 0 Å². The Kier molecular flexibility index (Phi) is 3.21. The Bertz CT molecular complexity index is 336. The second kappa shape index (κ2) is 4.05. The average Bonchev–Trinajstić information content (AvgIpc) is 2.15. The van der Waals surface area contributed by atoms with E-state index in [4.69, 9.17) is 0 Å².